The molecule has 4 aromatic carbocycles. The molecule has 0 bridgehead atoms. The number of pyridine rings is 1. The monoisotopic (exact) mass is 861 g/mol. The Kier molecular flexibility index (Phi) is 10.1. The molecule has 0 saturated carbocycles. The van der Waals surface area contributed by atoms with Crippen molar-refractivity contribution in [2.45, 2.75) is 30.6 Å². The van der Waals surface area contributed by atoms with Crippen LogP contribution in [-0.4, -0.2) is 62.5 Å². The van der Waals surface area contributed by atoms with Crippen molar-refractivity contribution in [3.8, 4) is 45.6 Å². The third kappa shape index (κ3) is 7.09. The molecule has 0 amide bonds. The van der Waals surface area contributed by atoms with E-state index >= 15 is 4.39 Å². The van der Waals surface area contributed by atoms with Gasteiger partial charge in [-0.2, -0.15) is 4.39 Å². The molecule has 1 aromatic heterocycles. The van der Waals surface area contributed by atoms with Gasteiger partial charge in [0, 0.05) is 50.6 Å². The molecule has 16 heteroatoms. The summed E-state index contributed by atoms with van der Waals surface area (Å²) in [4.78, 5) is 13.1. The highest BCUT2D eigenvalue weighted by atomic mass is 79.9. The average Bonchev–Trinajstić information content (AvgIpc) is 3.18. The largest absolute Gasteiger partial charge is 0.497 e. The van der Waals surface area contributed by atoms with E-state index in [0.29, 0.717) is 45.3 Å². The fraction of sp³-hybridized carbons (Fsp3) is 0.262. The smallest absolute Gasteiger partial charge is 0.220 e. The number of amidine groups is 2. The zero-order valence-electron chi connectivity index (χ0n) is 31.4. The van der Waals surface area contributed by atoms with Crippen LogP contribution in [0.4, 0.5) is 17.6 Å². The summed E-state index contributed by atoms with van der Waals surface area (Å²) in [6.45, 7) is 3.08. The number of aromatic nitrogens is 1. The second kappa shape index (κ2) is 14.9. The van der Waals surface area contributed by atoms with E-state index in [2.05, 4.69) is 30.9 Å². The van der Waals surface area contributed by atoms with Gasteiger partial charge in [0.1, 0.15) is 71.2 Å². The first-order chi connectivity index (χ1) is 27.7. The van der Waals surface area contributed by atoms with E-state index in [1.165, 1.54) is 33.2 Å². The Balaban J connectivity index is 0.000000172. The van der Waals surface area contributed by atoms with Gasteiger partial charge in [0.05, 0.1) is 20.3 Å². The molecule has 4 aliphatic rings. The van der Waals surface area contributed by atoms with E-state index in [9.17, 15) is 13.2 Å². The number of benzene rings is 4. The zero-order valence-corrected chi connectivity index (χ0v) is 33.0. The predicted molar refractivity (Wildman–Crippen MR) is 210 cm³/mol. The summed E-state index contributed by atoms with van der Waals surface area (Å²) in [5.41, 5.74) is 11.1. The van der Waals surface area contributed by atoms with E-state index in [1.54, 1.807) is 48.5 Å². The molecule has 4 aliphatic heterocycles. The Morgan fingerprint density at radius 1 is 0.759 bits per heavy atom. The van der Waals surface area contributed by atoms with Crippen LogP contribution in [0.1, 0.15) is 36.1 Å². The maximum Gasteiger partial charge on any atom is 0.220 e. The van der Waals surface area contributed by atoms with E-state index in [-0.39, 0.29) is 61.7 Å². The molecule has 5 aromatic rings. The van der Waals surface area contributed by atoms with Crippen LogP contribution in [0.25, 0.3) is 11.1 Å². The van der Waals surface area contributed by atoms with Crippen molar-refractivity contribution >= 4 is 27.6 Å². The third-order valence-corrected chi connectivity index (χ3v) is 10.3. The maximum absolute atomic E-state index is 15.2. The molecule has 5 heterocycles. The number of fused-ring (bicyclic) bond motifs is 8. The summed E-state index contributed by atoms with van der Waals surface area (Å²) in [6.07, 6.45) is 1.36. The van der Waals surface area contributed by atoms with Gasteiger partial charge in [-0.1, -0.05) is 22.0 Å². The molecular weight excluding hydrogens is 826 g/mol. The first-order valence-electron chi connectivity index (χ1n) is 18.0. The highest BCUT2D eigenvalue weighted by Crippen LogP contribution is 2.54. The molecule has 9 rings (SSSR count). The molecule has 0 saturated heterocycles. The van der Waals surface area contributed by atoms with Crippen LogP contribution in [0.3, 0.4) is 0 Å². The number of halogens is 5. The molecule has 0 radical (unpaired) electrons. The van der Waals surface area contributed by atoms with Crippen molar-refractivity contribution in [1.82, 2.24) is 4.98 Å². The SMILES string of the molecule is CC(C)(F)COc1cc(F)c2c(c1)[C@]1(COCC(N)=N1)c1cc(-c3cccnc3F)ccc1O2.COc1cc(F)c2c(c1)C1(COCC(N)=N1)c1cc(Br)ccc1O2. The molecule has 4 N–H and O–H groups in total. The van der Waals surface area contributed by atoms with Crippen LogP contribution in [0.2, 0.25) is 0 Å². The minimum Gasteiger partial charge on any atom is -0.497 e. The number of aliphatic imine (C=N–C) groups is 2. The summed E-state index contributed by atoms with van der Waals surface area (Å²) >= 11 is 3.46. The minimum atomic E-state index is -1.62. The Hall–Kier alpha value is -5.71. The standard InChI is InChI=1S/C25H22F3N3O3.C17H14BrFN2O3/c1-24(2,28)12-33-15-9-18-22(19(26)10-15)34-20-6-5-14(16-4-3-7-30-23(16)27)8-17(20)25(18)13-32-11-21(29)31-25;1-22-10-5-12-16(13(19)6-10)24-14-3-2-9(18)4-11(14)17(12)8-23-7-15(20)21-17/h3-10H,11-13H2,1-2H3,(H2,29,31);2-6H,7-8H2,1H3,(H2,20,21)/t25-;/m0./s1. The lowest BCUT2D eigenvalue weighted by Gasteiger charge is -2.39. The lowest BCUT2D eigenvalue weighted by molar-refractivity contribution is 0.107. The fourth-order valence-electron chi connectivity index (χ4n) is 7.33. The Morgan fingerprint density at radius 3 is 1.90 bits per heavy atom. The van der Waals surface area contributed by atoms with E-state index in [0.717, 1.165) is 16.1 Å². The summed E-state index contributed by atoms with van der Waals surface area (Å²) in [5, 5.41) is 0. The second-order valence-electron chi connectivity index (χ2n) is 14.6. The van der Waals surface area contributed by atoms with Crippen molar-refractivity contribution in [3.05, 3.63) is 123 Å². The summed E-state index contributed by atoms with van der Waals surface area (Å²) in [5.74, 6) is 0.128. The lowest BCUT2D eigenvalue weighted by atomic mass is 9.79. The number of ether oxygens (including phenoxy) is 6. The van der Waals surface area contributed by atoms with Crippen LogP contribution >= 0.6 is 15.9 Å². The van der Waals surface area contributed by atoms with Crippen molar-refractivity contribution < 1.29 is 46.0 Å². The lowest BCUT2D eigenvalue weighted by Crippen LogP contribution is -2.42. The van der Waals surface area contributed by atoms with E-state index in [4.69, 9.17) is 39.9 Å². The highest BCUT2D eigenvalue weighted by Gasteiger charge is 2.48. The fourth-order valence-corrected chi connectivity index (χ4v) is 7.69. The molecule has 0 fully saturated rings. The number of methoxy groups -OCH3 is 1. The Bertz CT molecular complexity index is 2520. The molecule has 1 unspecified atom stereocenters. The molecular formula is C42H36BrF4N5O6. The molecule has 0 aliphatic carbocycles. The quantitative estimate of drug-likeness (QED) is 0.132. The molecule has 2 spiro atoms. The first-order valence-corrected chi connectivity index (χ1v) is 18.8. The normalized spacial score (nSPS) is 20.1. The van der Waals surface area contributed by atoms with Gasteiger partial charge in [0.25, 0.3) is 0 Å². The van der Waals surface area contributed by atoms with Crippen LogP contribution in [0, 0.1) is 17.6 Å². The zero-order chi connectivity index (χ0) is 41.0. The Morgan fingerprint density at radius 2 is 1.33 bits per heavy atom. The van der Waals surface area contributed by atoms with Crippen molar-refractivity contribution in [3.63, 3.8) is 0 Å². The number of hydrogen-bond donors (Lipinski definition) is 2. The van der Waals surface area contributed by atoms with E-state index < -0.39 is 34.3 Å². The van der Waals surface area contributed by atoms with Crippen LogP contribution in [0.5, 0.6) is 34.5 Å². The highest BCUT2D eigenvalue weighted by molar-refractivity contribution is 9.10. The summed E-state index contributed by atoms with van der Waals surface area (Å²) < 4.78 is 92.9. The van der Waals surface area contributed by atoms with Gasteiger partial charge < -0.3 is 39.9 Å². The number of alkyl halides is 1. The van der Waals surface area contributed by atoms with Crippen LogP contribution < -0.4 is 30.4 Å². The molecule has 300 valence electrons. The van der Waals surface area contributed by atoms with Gasteiger partial charge in [0.2, 0.25) is 5.95 Å². The number of rotatable bonds is 5. The summed E-state index contributed by atoms with van der Waals surface area (Å²) in [7, 11) is 1.48. The van der Waals surface area contributed by atoms with Gasteiger partial charge in [-0.05, 0) is 74.0 Å². The second-order valence-corrected chi connectivity index (χ2v) is 15.5. The van der Waals surface area contributed by atoms with Crippen molar-refractivity contribution in [1.29, 1.82) is 0 Å². The minimum absolute atomic E-state index is 0.0353. The number of nitrogens with two attached hydrogens (primary N) is 2. The van der Waals surface area contributed by atoms with Crippen LogP contribution in [-0.2, 0) is 20.6 Å². The van der Waals surface area contributed by atoms with Crippen molar-refractivity contribution in [2.24, 2.45) is 21.5 Å². The van der Waals surface area contributed by atoms with E-state index in [1.807, 2.05) is 12.1 Å². The average molecular weight is 863 g/mol. The number of hydrogen-bond acceptors (Lipinski definition) is 11. The van der Waals surface area contributed by atoms with Gasteiger partial charge in [-0.15, -0.1) is 0 Å². The molecule has 2 atom stereocenters. The first kappa shape index (κ1) is 39.1. The predicted octanol–water partition coefficient (Wildman–Crippen LogP) is 8.22. The Labute approximate surface area is 338 Å². The van der Waals surface area contributed by atoms with Crippen molar-refractivity contribution in [2.75, 3.05) is 40.1 Å². The third-order valence-electron chi connectivity index (χ3n) is 9.84. The topological polar surface area (TPSA) is 145 Å². The van der Waals surface area contributed by atoms with Gasteiger partial charge in [-0.25, -0.2) is 18.2 Å². The van der Waals surface area contributed by atoms with Crippen LogP contribution in [0.15, 0.2) is 93.5 Å². The molecule has 11 nitrogen and oxygen atoms in total. The van der Waals surface area contributed by atoms with Gasteiger partial charge >= 0.3 is 0 Å². The maximum atomic E-state index is 15.2. The summed E-state index contributed by atoms with van der Waals surface area (Å²) in [6, 6.07) is 19.4. The molecule has 58 heavy (non-hydrogen) atoms. The van der Waals surface area contributed by atoms with Gasteiger partial charge in [0.15, 0.2) is 23.1 Å². The number of nitrogens with zero attached hydrogens (tertiary/aromatic N) is 3. The van der Waals surface area contributed by atoms with Gasteiger partial charge in [-0.3, -0.25) is 9.98 Å².